The van der Waals surface area contributed by atoms with Crippen LogP contribution in [-0.2, 0) is 30.8 Å². The molecule has 2 N–H and O–H groups in total. The largest absolute Gasteiger partial charge is 0.491 e. The first-order valence-electron chi connectivity index (χ1n) is 10.9. The summed E-state index contributed by atoms with van der Waals surface area (Å²) in [5, 5.41) is 3.55. The third-order valence-corrected chi connectivity index (χ3v) is 6.83. The summed E-state index contributed by atoms with van der Waals surface area (Å²) in [6, 6.07) is 17.3. The van der Waals surface area contributed by atoms with E-state index in [1.807, 2.05) is 0 Å². The van der Waals surface area contributed by atoms with Crippen LogP contribution in [0, 0.1) is 0 Å². The van der Waals surface area contributed by atoms with Crippen molar-refractivity contribution in [3.63, 3.8) is 0 Å². The molecule has 0 radical (unpaired) electrons. The molecule has 0 aliphatic rings. The molecule has 0 aliphatic heterocycles. The molecule has 0 saturated heterocycles. The highest BCUT2D eigenvalue weighted by molar-refractivity contribution is 7.89. The van der Waals surface area contributed by atoms with Gasteiger partial charge in [-0.2, -0.15) is 4.72 Å². The van der Waals surface area contributed by atoms with E-state index in [2.05, 4.69) is 10.0 Å². The van der Waals surface area contributed by atoms with Crippen molar-refractivity contribution in [2.45, 2.75) is 24.3 Å². The Kier molecular flexibility index (Phi) is 9.72. The lowest BCUT2D eigenvalue weighted by Crippen LogP contribution is -2.47. The van der Waals surface area contributed by atoms with Crippen LogP contribution < -0.4 is 14.8 Å². The number of amides is 1. The van der Waals surface area contributed by atoms with Crippen LogP contribution in [0.15, 0.2) is 77.7 Å². The Hall–Kier alpha value is -3.11. The van der Waals surface area contributed by atoms with Gasteiger partial charge in [0.25, 0.3) is 0 Å². The standard InChI is InChI=1S/C25H24Cl2N2O6S/c1-2-34-24(30)15-17-3-9-20(10-4-17)28-25(31)23(16-35-21-11-5-18(26)6-12-21)29-36(32,33)22-13-7-19(27)8-14-22/h3-14,23,29H,2,15-16H2,1H3,(H,28,31)/t23-/m0/s1. The average molecular weight is 551 g/mol. The molecule has 0 saturated carbocycles. The Bertz CT molecular complexity index is 1280. The zero-order valence-corrected chi connectivity index (χ0v) is 21.6. The van der Waals surface area contributed by atoms with Gasteiger partial charge >= 0.3 is 5.97 Å². The third kappa shape index (κ3) is 8.23. The SMILES string of the molecule is CCOC(=O)Cc1ccc(NC(=O)[C@H](COc2ccc(Cl)cc2)NS(=O)(=O)c2ccc(Cl)cc2)cc1. The van der Waals surface area contributed by atoms with Crippen molar-refractivity contribution in [1.29, 1.82) is 0 Å². The van der Waals surface area contributed by atoms with Crippen LogP contribution in [0.4, 0.5) is 5.69 Å². The second kappa shape index (κ2) is 12.7. The topological polar surface area (TPSA) is 111 Å². The highest BCUT2D eigenvalue weighted by atomic mass is 35.5. The zero-order valence-electron chi connectivity index (χ0n) is 19.2. The van der Waals surface area contributed by atoms with E-state index in [-0.39, 0.29) is 23.9 Å². The Morgan fingerprint density at radius 1 is 0.889 bits per heavy atom. The van der Waals surface area contributed by atoms with Gasteiger partial charge < -0.3 is 14.8 Å². The van der Waals surface area contributed by atoms with Gasteiger partial charge in [0.2, 0.25) is 15.9 Å². The Morgan fingerprint density at radius 3 is 2.06 bits per heavy atom. The van der Waals surface area contributed by atoms with Crippen molar-refractivity contribution in [2.75, 3.05) is 18.5 Å². The predicted octanol–water partition coefficient (Wildman–Crippen LogP) is 4.46. The first-order valence-corrected chi connectivity index (χ1v) is 13.1. The molecule has 0 unspecified atom stereocenters. The number of benzene rings is 3. The fourth-order valence-corrected chi connectivity index (χ4v) is 4.49. The lowest BCUT2D eigenvalue weighted by molar-refractivity contribution is -0.142. The van der Waals surface area contributed by atoms with Gasteiger partial charge in [-0.25, -0.2) is 8.42 Å². The lowest BCUT2D eigenvalue weighted by Gasteiger charge is -2.19. The molecule has 11 heteroatoms. The number of nitrogens with one attached hydrogen (secondary N) is 2. The Morgan fingerprint density at radius 2 is 1.47 bits per heavy atom. The molecule has 0 fully saturated rings. The summed E-state index contributed by atoms with van der Waals surface area (Å²) < 4.78 is 38.8. The van der Waals surface area contributed by atoms with Crippen molar-refractivity contribution < 1.29 is 27.5 Å². The summed E-state index contributed by atoms with van der Waals surface area (Å²) in [6.45, 7) is 1.73. The van der Waals surface area contributed by atoms with E-state index in [1.54, 1.807) is 55.5 Å². The molecule has 3 rings (SSSR count). The summed E-state index contributed by atoms with van der Waals surface area (Å²) in [5.74, 6) is -0.587. The van der Waals surface area contributed by atoms with E-state index in [0.717, 1.165) is 0 Å². The van der Waals surface area contributed by atoms with Gasteiger partial charge in [0.15, 0.2) is 0 Å². The monoisotopic (exact) mass is 550 g/mol. The number of sulfonamides is 1. The van der Waals surface area contributed by atoms with E-state index >= 15 is 0 Å². The molecule has 0 bridgehead atoms. The molecule has 0 spiro atoms. The number of carbonyl (C=O) groups is 2. The van der Waals surface area contributed by atoms with Crippen molar-refractivity contribution >= 4 is 50.8 Å². The second-order valence-corrected chi connectivity index (χ2v) is 10.1. The summed E-state index contributed by atoms with van der Waals surface area (Å²) in [4.78, 5) is 24.7. The highest BCUT2D eigenvalue weighted by Crippen LogP contribution is 2.18. The smallest absolute Gasteiger partial charge is 0.310 e. The molecular weight excluding hydrogens is 527 g/mol. The molecule has 0 aliphatic carbocycles. The normalized spacial score (nSPS) is 12.0. The Balaban J connectivity index is 1.74. The molecule has 36 heavy (non-hydrogen) atoms. The van der Waals surface area contributed by atoms with Gasteiger partial charge in [-0.05, 0) is 73.2 Å². The molecule has 3 aromatic rings. The van der Waals surface area contributed by atoms with Gasteiger partial charge in [-0.3, -0.25) is 9.59 Å². The molecule has 8 nitrogen and oxygen atoms in total. The quantitative estimate of drug-likeness (QED) is 0.341. The second-order valence-electron chi connectivity index (χ2n) is 7.56. The summed E-state index contributed by atoms with van der Waals surface area (Å²) >= 11 is 11.7. The summed E-state index contributed by atoms with van der Waals surface area (Å²) in [5.41, 5.74) is 1.12. The maximum atomic E-state index is 13.1. The Labute approximate surface area is 219 Å². The van der Waals surface area contributed by atoms with E-state index in [0.29, 0.717) is 33.7 Å². The van der Waals surface area contributed by atoms with Crippen LogP contribution in [0.25, 0.3) is 0 Å². The fraction of sp³-hybridized carbons (Fsp3) is 0.200. The summed E-state index contributed by atoms with van der Waals surface area (Å²) in [7, 11) is -4.07. The molecule has 0 aromatic heterocycles. The van der Waals surface area contributed by atoms with Crippen LogP contribution in [0.5, 0.6) is 5.75 Å². The van der Waals surface area contributed by atoms with Gasteiger partial charge in [0.1, 0.15) is 18.4 Å². The van der Waals surface area contributed by atoms with Crippen molar-refractivity contribution in [1.82, 2.24) is 4.72 Å². The maximum Gasteiger partial charge on any atom is 0.310 e. The van der Waals surface area contributed by atoms with Crippen LogP contribution in [0.1, 0.15) is 12.5 Å². The van der Waals surface area contributed by atoms with E-state index in [4.69, 9.17) is 32.7 Å². The molecular formula is C25H24Cl2N2O6S. The van der Waals surface area contributed by atoms with E-state index < -0.39 is 22.0 Å². The summed E-state index contributed by atoms with van der Waals surface area (Å²) in [6.07, 6.45) is 0.0977. The number of halogens is 2. The molecule has 190 valence electrons. The molecule has 3 aromatic carbocycles. The van der Waals surface area contributed by atoms with Crippen LogP contribution >= 0.6 is 23.2 Å². The fourth-order valence-electron chi connectivity index (χ4n) is 3.06. The molecule has 0 heterocycles. The van der Waals surface area contributed by atoms with Gasteiger partial charge in [0, 0.05) is 15.7 Å². The first kappa shape index (κ1) is 27.5. The third-order valence-electron chi connectivity index (χ3n) is 4.84. The molecule has 1 amide bonds. The minimum absolute atomic E-state index is 0.0560. The van der Waals surface area contributed by atoms with Gasteiger partial charge in [0.05, 0.1) is 17.9 Å². The number of esters is 1. The maximum absolute atomic E-state index is 13.1. The number of anilines is 1. The van der Waals surface area contributed by atoms with Gasteiger partial charge in [-0.15, -0.1) is 0 Å². The van der Waals surface area contributed by atoms with Gasteiger partial charge in [-0.1, -0.05) is 35.3 Å². The number of hydrogen-bond donors (Lipinski definition) is 2. The molecule has 1 atom stereocenters. The minimum atomic E-state index is -4.07. The van der Waals surface area contributed by atoms with Crippen molar-refractivity contribution in [3.05, 3.63) is 88.4 Å². The number of hydrogen-bond acceptors (Lipinski definition) is 6. The number of carbonyl (C=O) groups excluding carboxylic acids is 2. The van der Waals surface area contributed by atoms with Crippen molar-refractivity contribution in [2.24, 2.45) is 0 Å². The van der Waals surface area contributed by atoms with E-state index in [9.17, 15) is 18.0 Å². The first-order chi connectivity index (χ1) is 17.2. The number of ether oxygens (including phenoxy) is 2. The van der Waals surface area contributed by atoms with Crippen LogP contribution in [0.2, 0.25) is 10.0 Å². The van der Waals surface area contributed by atoms with Crippen molar-refractivity contribution in [3.8, 4) is 5.75 Å². The lowest BCUT2D eigenvalue weighted by atomic mass is 10.1. The van der Waals surface area contributed by atoms with E-state index in [1.165, 1.54) is 24.3 Å². The zero-order chi connectivity index (χ0) is 26.1. The predicted molar refractivity (Wildman–Crippen MR) is 138 cm³/mol. The average Bonchev–Trinajstić information content (AvgIpc) is 2.84. The number of rotatable bonds is 11. The minimum Gasteiger partial charge on any atom is -0.491 e. The van der Waals surface area contributed by atoms with Crippen LogP contribution in [0.3, 0.4) is 0 Å². The highest BCUT2D eigenvalue weighted by Gasteiger charge is 2.27. The van der Waals surface area contributed by atoms with Crippen LogP contribution in [-0.4, -0.2) is 39.5 Å².